The van der Waals surface area contributed by atoms with Gasteiger partial charge in [0.1, 0.15) is 5.75 Å². The number of anilines is 1. The molecule has 16 heavy (non-hydrogen) atoms. The zero-order valence-corrected chi connectivity index (χ0v) is 9.52. The molecule has 0 radical (unpaired) electrons. The summed E-state index contributed by atoms with van der Waals surface area (Å²) in [6.07, 6.45) is 2.24. The molecule has 0 amide bonds. The van der Waals surface area contributed by atoms with Gasteiger partial charge in [-0.25, -0.2) is 0 Å². The van der Waals surface area contributed by atoms with Gasteiger partial charge in [0.05, 0.1) is 18.9 Å². The number of hydrogen-bond acceptors (Lipinski definition) is 3. The number of benzene rings is 1. The average molecular weight is 219 g/mol. The minimum Gasteiger partial charge on any atom is -0.495 e. The Morgan fingerprint density at radius 1 is 1.62 bits per heavy atom. The van der Waals surface area contributed by atoms with Crippen molar-refractivity contribution in [2.75, 3.05) is 25.1 Å². The molecule has 1 heterocycles. The van der Waals surface area contributed by atoms with Crippen molar-refractivity contribution in [2.45, 2.75) is 12.5 Å². The predicted molar refractivity (Wildman–Crippen MR) is 65.0 cm³/mol. The highest BCUT2D eigenvalue weighted by Crippen LogP contribution is 2.40. The predicted octanol–water partition coefficient (Wildman–Crippen LogP) is 2.12. The Balaban J connectivity index is 2.48. The van der Waals surface area contributed by atoms with Crippen molar-refractivity contribution in [1.29, 1.82) is 0 Å². The van der Waals surface area contributed by atoms with E-state index in [9.17, 15) is 5.11 Å². The first-order chi connectivity index (χ1) is 7.77. The molecule has 0 aromatic heterocycles. The van der Waals surface area contributed by atoms with Crippen LogP contribution in [-0.2, 0) is 0 Å². The smallest absolute Gasteiger partial charge is 0.142 e. The normalized spacial score (nSPS) is 19.1. The van der Waals surface area contributed by atoms with Crippen molar-refractivity contribution in [3.05, 3.63) is 36.4 Å². The van der Waals surface area contributed by atoms with Crippen LogP contribution in [0.3, 0.4) is 0 Å². The lowest BCUT2D eigenvalue weighted by Crippen LogP contribution is -2.31. The maximum absolute atomic E-state index is 9.96. The fourth-order valence-electron chi connectivity index (χ4n) is 2.20. The molecule has 3 nitrogen and oxygen atoms in total. The monoisotopic (exact) mass is 219 g/mol. The number of methoxy groups -OCH3 is 1. The molecule has 0 aliphatic carbocycles. The zero-order chi connectivity index (χ0) is 11.5. The van der Waals surface area contributed by atoms with Crippen molar-refractivity contribution >= 4 is 5.69 Å². The van der Waals surface area contributed by atoms with E-state index < -0.39 is 0 Å². The highest BCUT2D eigenvalue weighted by atomic mass is 16.5. The van der Waals surface area contributed by atoms with Gasteiger partial charge in [0, 0.05) is 18.7 Å². The summed E-state index contributed by atoms with van der Waals surface area (Å²) in [6, 6.07) is 5.79. The highest BCUT2D eigenvalue weighted by Gasteiger charge is 2.25. The second-order valence-corrected chi connectivity index (χ2v) is 3.94. The molecule has 1 aliphatic heterocycles. The van der Waals surface area contributed by atoms with E-state index in [-0.39, 0.29) is 6.10 Å². The summed E-state index contributed by atoms with van der Waals surface area (Å²) >= 11 is 0. The van der Waals surface area contributed by atoms with Gasteiger partial charge in [-0.3, -0.25) is 0 Å². The number of hydrogen-bond donors (Lipinski definition) is 1. The summed E-state index contributed by atoms with van der Waals surface area (Å²) in [6.45, 7) is 5.37. The first-order valence-electron chi connectivity index (χ1n) is 5.48. The van der Waals surface area contributed by atoms with Crippen LogP contribution < -0.4 is 9.64 Å². The number of aliphatic hydroxyl groups excluding tert-OH is 1. The largest absolute Gasteiger partial charge is 0.495 e. The van der Waals surface area contributed by atoms with Gasteiger partial charge >= 0.3 is 0 Å². The lowest BCUT2D eigenvalue weighted by Gasteiger charge is -2.34. The molecule has 0 unspecified atom stereocenters. The van der Waals surface area contributed by atoms with Crippen LogP contribution in [0.1, 0.15) is 18.1 Å². The molecule has 0 spiro atoms. The van der Waals surface area contributed by atoms with E-state index in [1.807, 2.05) is 24.3 Å². The summed E-state index contributed by atoms with van der Waals surface area (Å²) < 4.78 is 5.35. The lowest BCUT2D eigenvalue weighted by molar-refractivity contribution is 0.164. The van der Waals surface area contributed by atoms with Crippen LogP contribution in [-0.4, -0.2) is 25.3 Å². The van der Waals surface area contributed by atoms with Crippen LogP contribution in [0.15, 0.2) is 30.9 Å². The second-order valence-electron chi connectivity index (χ2n) is 3.94. The Labute approximate surface area is 96.0 Å². The molecule has 2 rings (SSSR count). The zero-order valence-electron chi connectivity index (χ0n) is 9.52. The van der Waals surface area contributed by atoms with Gasteiger partial charge in [-0.2, -0.15) is 0 Å². The van der Waals surface area contributed by atoms with Crippen LogP contribution in [0, 0.1) is 0 Å². The molecule has 1 N–H and O–H groups in total. The minimum atomic E-state index is -0.383. The van der Waals surface area contributed by atoms with Gasteiger partial charge in [0.15, 0.2) is 0 Å². The van der Waals surface area contributed by atoms with Gasteiger partial charge in [0.2, 0.25) is 0 Å². The molecular formula is C13H17NO2. The van der Waals surface area contributed by atoms with E-state index in [2.05, 4.69) is 11.5 Å². The van der Waals surface area contributed by atoms with Crippen molar-refractivity contribution in [1.82, 2.24) is 0 Å². The molecule has 3 heteroatoms. The first-order valence-corrected chi connectivity index (χ1v) is 5.48. The van der Waals surface area contributed by atoms with Gasteiger partial charge in [0.25, 0.3) is 0 Å². The fourth-order valence-corrected chi connectivity index (χ4v) is 2.20. The van der Waals surface area contributed by atoms with Gasteiger partial charge in [-0.15, -0.1) is 6.58 Å². The SMILES string of the molecule is C=CCN1CC[C@H](O)c2cccc(OC)c21. The van der Waals surface area contributed by atoms with Crippen LogP contribution >= 0.6 is 0 Å². The number of nitrogens with zero attached hydrogens (tertiary/aromatic N) is 1. The summed E-state index contributed by atoms with van der Waals surface area (Å²) in [7, 11) is 1.66. The lowest BCUT2D eigenvalue weighted by atomic mass is 9.98. The van der Waals surface area contributed by atoms with Gasteiger partial charge in [-0.05, 0) is 12.5 Å². The van der Waals surface area contributed by atoms with Gasteiger partial charge < -0.3 is 14.7 Å². The molecule has 0 fully saturated rings. The Hall–Kier alpha value is -1.48. The number of ether oxygens (including phenoxy) is 1. The standard InChI is InChI=1S/C13H17NO2/c1-3-8-14-9-7-11(15)10-5-4-6-12(16-2)13(10)14/h3-6,11,15H,1,7-9H2,2H3/t11-/m0/s1. The summed E-state index contributed by atoms with van der Waals surface area (Å²) in [5, 5.41) is 9.96. The molecule has 0 bridgehead atoms. The van der Waals surface area contributed by atoms with Crippen LogP contribution in [0.2, 0.25) is 0 Å². The van der Waals surface area contributed by atoms with E-state index in [4.69, 9.17) is 4.74 Å². The Bertz CT molecular complexity index is 390. The maximum atomic E-state index is 9.96. The molecule has 86 valence electrons. The second kappa shape index (κ2) is 4.58. The third kappa shape index (κ3) is 1.78. The molecule has 1 aromatic carbocycles. The summed E-state index contributed by atoms with van der Waals surface area (Å²) in [4.78, 5) is 2.19. The van der Waals surface area contributed by atoms with Crippen molar-refractivity contribution in [3.63, 3.8) is 0 Å². The van der Waals surface area contributed by atoms with Crippen LogP contribution in [0.5, 0.6) is 5.75 Å². The number of aliphatic hydroxyl groups is 1. The fraction of sp³-hybridized carbons (Fsp3) is 0.385. The number of fused-ring (bicyclic) bond motifs is 1. The Kier molecular flexibility index (Phi) is 3.15. The number of rotatable bonds is 3. The Morgan fingerprint density at radius 3 is 3.12 bits per heavy atom. The van der Waals surface area contributed by atoms with E-state index in [0.717, 1.165) is 36.5 Å². The van der Waals surface area contributed by atoms with E-state index in [1.54, 1.807) is 7.11 Å². The quantitative estimate of drug-likeness (QED) is 0.790. The van der Waals surface area contributed by atoms with E-state index in [1.165, 1.54) is 0 Å². The third-order valence-electron chi connectivity index (χ3n) is 2.95. The number of para-hydroxylation sites is 1. The van der Waals surface area contributed by atoms with Crippen LogP contribution in [0.25, 0.3) is 0 Å². The first kappa shape index (κ1) is 11.0. The Morgan fingerprint density at radius 2 is 2.44 bits per heavy atom. The van der Waals surface area contributed by atoms with Crippen molar-refractivity contribution in [2.24, 2.45) is 0 Å². The van der Waals surface area contributed by atoms with Crippen molar-refractivity contribution < 1.29 is 9.84 Å². The molecule has 0 saturated carbocycles. The summed E-state index contributed by atoms with van der Waals surface area (Å²) in [5.74, 6) is 0.818. The summed E-state index contributed by atoms with van der Waals surface area (Å²) in [5.41, 5.74) is 1.95. The van der Waals surface area contributed by atoms with E-state index >= 15 is 0 Å². The molecule has 1 atom stereocenters. The minimum absolute atomic E-state index is 0.383. The van der Waals surface area contributed by atoms with Crippen LogP contribution in [0.4, 0.5) is 5.69 Å². The van der Waals surface area contributed by atoms with Gasteiger partial charge in [-0.1, -0.05) is 18.2 Å². The third-order valence-corrected chi connectivity index (χ3v) is 2.95. The topological polar surface area (TPSA) is 32.7 Å². The van der Waals surface area contributed by atoms with E-state index in [0.29, 0.717) is 0 Å². The molecular weight excluding hydrogens is 202 g/mol. The highest BCUT2D eigenvalue weighted by molar-refractivity contribution is 5.66. The molecule has 0 saturated heterocycles. The van der Waals surface area contributed by atoms with Crippen molar-refractivity contribution in [3.8, 4) is 5.75 Å². The molecule has 1 aliphatic rings. The average Bonchev–Trinajstić information content (AvgIpc) is 2.32. The molecule has 1 aromatic rings. The maximum Gasteiger partial charge on any atom is 0.142 e.